The molecular weight excluding hydrogens is 512 g/mol. The van der Waals surface area contributed by atoms with E-state index in [0.29, 0.717) is 35.6 Å². The highest BCUT2D eigenvalue weighted by atomic mass is 16.3. The third kappa shape index (κ3) is 5.99. The van der Waals surface area contributed by atoms with E-state index in [-0.39, 0.29) is 17.4 Å². The fourth-order valence-corrected chi connectivity index (χ4v) is 10.9. The summed E-state index contributed by atoms with van der Waals surface area (Å²) in [6.45, 7) is 14.9. The molecule has 9 atom stereocenters. The summed E-state index contributed by atoms with van der Waals surface area (Å²) in [7, 11) is 0. The Hall–Kier alpha value is -1.14. The molecular formula is C35H60N2O4. The molecule has 0 radical (unpaired) electrons. The van der Waals surface area contributed by atoms with Gasteiger partial charge in [0.2, 0.25) is 5.91 Å². The molecule has 6 nitrogen and oxygen atoms in total. The van der Waals surface area contributed by atoms with Crippen LogP contribution in [-0.4, -0.2) is 58.3 Å². The first kappa shape index (κ1) is 31.3. The lowest BCUT2D eigenvalue weighted by Gasteiger charge is -2.61. The summed E-state index contributed by atoms with van der Waals surface area (Å²) in [4.78, 5) is 27.4. The Labute approximate surface area is 249 Å². The van der Waals surface area contributed by atoms with Crippen molar-refractivity contribution in [3.63, 3.8) is 0 Å². The van der Waals surface area contributed by atoms with Gasteiger partial charge < -0.3 is 20.4 Å². The van der Waals surface area contributed by atoms with Crippen LogP contribution in [0, 0.1) is 51.8 Å². The Balaban J connectivity index is 1.11. The number of nitrogens with zero attached hydrogens (tertiary/aromatic N) is 1. The number of rotatable bonds is 7. The molecule has 0 bridgehead atoms. The van der Waals surface area contributed by atoms with Crippen molar-refractivity contribution >= 4 is 11.8 Å². The molecule has 4 saturated carbocycles. The average Bonchev–Trinajstić information content (AvgIpc) is 3.28. The Bertz CT molecular complexity index is 968. The highest BCUT2D eigenvalue weighted by Gasteiger charge is 2.60. The van der Waals surface area contributed by atoms with Crippen LogP contribution >= 0.6 is 0 Å². The number of hydrogen-bond acceptors (Lipinski definition) is 4. The topological polar surface area (TPSA) is 89.9 Å². The van der Waals surface area contributed by atoms with Crippen molar-refractivity contribution in [2.24, 2.45) is 51.8 Å². The molecule has 1 heterocycles. The van der Waals surface area contributed by atoms with Gasteiger partial charge in [0.25, 0.3) is 5.91 Å². The van der Waals surface area contributed by atoms with Crippen molar-refractivity contribution < 1.29 is 19.8 Å². The molecule has 5 fully saturated rings. The molecule has 0 aromatic carbocycles. The van der Waals surface area contributed by atoms with Gasteiger partial charge in [-0.2, -0.15) is 0 Å². The summed E-state index contributed by atoms with van der Waals surface area (Å²) < 4.78 is 0. The number of carbonyl (C=O) groups is 2. The van der Waals surface area contributed by atoms with E-state index in [1.54, 1.807) is 0 Å². The van der Waals surface area contributed by atoms with Crippen molar-refractivity contribution in [2.45, 2.75) is 137 Å². The van der Waals surface area contributed by atoms with Gasteiger partial charge in [0, 0.05) is 26.1 Å². The summed E-state index contributed by atoms with van der Waals surface area (Å²) in [6, 6.07) is 0. The van der Waals surface area contributed by atoms with Crippen molar-refractivity contribution in [3.8, 4) is 0 Å². The van der Waals surface area contributed by atoms with Gasteiger partial charge in [-0.15, -0.1) is 0 Å². The van der Waals surface area contributed by atoms with Crippen LogP contribution in [0.4, 0.5) is 0 Å². The van der Waals surface area contributed by atoms with Crippen molar-refractivity contribution in [1.29, 1.82) is 0 Å². The lowest BCUT2D eigenvalue weighted by Crippen LogP contribution is -2.54. The highest BCUT2D eigenvalue weighted by Crippen LogP contribution is 2.68. The van der Waals surface area contributed by atoms with Gasteiger partial charge in [0.1, 0.15) is 5.60 Å². The van der Waals surface area contributed by atoms with E-state index < -0.39 is 5.60 Å². The molecule has 234 valence electrons. The molecule has 41 heavy (non-hydrogen) atoms. The van der Waals surface area contributed by atoms with Gasteiger partial charge in [-0.3, -0.25) is 9.59 Å². The molecule has 4 aliphatic carbocycles. The van der Waals surface area contributed by atoms with E-state index in [1.807, 2.05) is 0 Å². The molecule has 1 aliphatic heterocycles. The van der Waals surface area contributed by atoms with Gasteiger partial charge in [-0.05, 0) is 143 Å². The SMILES string of the molecule is CC(CCC(=O)N1CCC(C)(CNC(=O)C(C)(C)O)CC1)[C@H]1CC[C@H]2[C@@H]3CC[C@H]4C[C@@H](O)CC[C@]4(C)[C@H]3CC[C@]12C. The molecule has 5 rings (SSSR count). The van der Waals surface area contributed by atoms with Gasteiger partial charge in [0.15, 0.2) is 0 Å². The first-order valence-corrected chi connectivity index (χ1v) is 17.1. The van der Waals surface area contributed by atoms with E-state index in [9.17, 15) is 19.8 Å². The first-order valence-electron chi connectivity index (χ1n) is 17.1. The molecule has 5 aliphatic rings. The summed E-state index contributed by atoms with van der Waals surface area (Å²) in [5, 5.41) is 23.2. The van der Waals surface area contributed by atoms with Crippen molar-refractivity contribution in [3.05, 3.63) is 0 Å². The summed E-state index contributed by atoms with van der Waals surface area (Å²) in [6.07, 6.45) is 14.7. The second-order valence-corrected chi connectivity index (χ2v) is 16.8. The quantitative estimate of drug-likeness (QED) is 0.352. The van der Waals surface area contributed by atoms with E-state index in [4.69, 9.17) is 0 Å². The van der Waals surface area contributed by atoms with Crippen LogP contribution < -0.4 is 5.32 Å². The Morgan fingerprint density at radius 1 is 0.927 bits per heavy atom. The van der Waals surface area contributed by atoms with Crippen LogP contribution in [0.3, 0.4) is 0 Å². The van der Waals surface area contributed by atoms with Crippen LogP contribution in [0.2, 0.25) is 0 Å². The van der Waals surface area contributed by atoms with E-state index in [1.165, 1.54) is 58.8 Å². The number of aliphatic hydroxyl groups excluding tert-OH is 1. The van der Waals surface area contributed by atoms with Crippen molar-refractivity contribution in [1.82, 2.24) is 10.2 Å². The predicted octanol–water partition coefficient (Wildman–Crippen LogP) is 5.94. The van der Waals surface area contributed by atoms with E-state index >= 15 is 0 Å². The molecule has 0 aromatic rings. The highest BCUT2D eigenvalue weighted by molar-refractivity contribution is 5.83. The van der Waals surface area contributed by atoms with E-state index in [2.05, 4.69) is 37.9 Å². The van der Waals surface area contributed by atoms with E-state index in [0.717, 1.165) is 74.8 Å². The van der Waals surface area contributed by atoms with Gasteiger partial charge in [-0.1, -0.05) is 27.7 Å². The maximum atomic E-state index is 13.3. The van der Waals surface area contributed by atoms with Gasteiger partial charge in [-0.25, -0.2) is 0 Å². The average molecular weight is 573 g/mol. The molecule has 0 aromatic heterocycles. The van der Waals surface area contributed by atoms with Crippen molar-refractivity contribution in [2.75, 3.05) is 19.6 Å². The second-order valence-electron chi connectivity index (χ2n) is 16.8. The Morgan fingerprint density at radius 3 is 2.27 bits per heavy atom. The third-order valence-electron chi connectivity index (χ3n) is 13.8. The lowest BCUT2D eigenvalue weighted by molar-refractivity contribution is -0.138. The number of piperidine rings is 1. The minimum atomic E-state index is -1.36. The minimum absolute atomic E-state index is 0.0368. The predicted molar refractivity (Wildman–Crippen MR) is 163 cm³/mol. The summed E-state index contributed by atoms with van der Waals surface area (Å²) >= 11 is 0. The number of aliphatic hydroxyl groups is 2. The third-order valence-corrected chi connectivity index (χ3v) is 13.8. The monoisotopic (exact) mass is 572 g/mol. The second kappa shape index (κ2) is 11.4. The fourth-order valence-electron chi connectivity index (χ4n) is 10.9. The maximum absolute atomic E-state index is 13.3. The fraction of sp³-hybridized carbons (Fsp3) is 0.943. The van der Waals surface area contributed by atoms with Gasteiger partial charge >= 0.3 is 0 Å². The largest absolute Gasteiger partial charge is 0.393 e. The molecule has 1 unspecified atom stereocenters. The Kier molecular flexibility index (Phi) is 8.71. The first-order chi connectivity index (χ1) is 19.2. The Morgan fingerprint density at radius 2 is 1.59 bits per heavy atom. The molecule has 2 amide bonds. The zero-order chi connectivity index (χ0) is 29.8. The summed E-state index contributed by atoms with van der Waals surface area (Å²) in [5.41, 5.74) is -0.547. The number of amides is 2. The van der Waals surface area contributed by atoms with Crippen LogP contribution in [0.1, 0.15) is 125 Å². The molecule has 6 heteroatoms. The zero-order valence-electron chi connectivity index (χ0n) is 27.0. The van der Waals surface area contributed by atoms with Crippen LogP contribution in [-0.2, 0) is 9.59 Å². The van der Waals surface area contributed by atoms with Crippen LogP contribution in [0.5, 0.6) is 0 Å². The standard InChI is InChI=1S/C35H60N2O4/c1-23(7-12-30(39)37-19-17-33(4,18-20-37)22-36-31(40)32(2,3)41)27-10-11-28-26-9-8-24-21-25(38)13-15-34(24,5)29(26)14-16-35(27,28)6/h23-29,38,41H,7-22H2,1-6H3,(H,36,40)/t23?,24-,25-,26-,27+,28-,29-,34-,35+/m0/s1. The van der Waals surface area contributed by atoms with Crippen LogP contribution in [0.15, 0.2) is 0 Å². The van der Waals surface area contributed by atoms with Crippen LogP contribution in [0.25, 0.3) is 0 Å². The number of carbonyl (C=O) groups excluding carboxylic acids is 2. The number of likely N-dealkylation sites (tertiary alicyclic amines) is 1. The number of nitrogens with one attached hydrogen (secondary N) is 1. The zero-order valence-corrected chi connectivity index (χ0v) is 27.0. The number of hydrogen-bond donors (Lipinski definition) is 3. The minimum Gasteiger partial charge on any atom is -0.393 e. The van der Waals surface area contributed by atoms with Gasteiger partial charge in [0.05, 0.1) is 6.10 Å². The number of fused-ring (bicyclic) bond motifs is 5. The smallest absolute Gasteiger partial charge is 0.251 e. The lowest BCUT2D eigenvalue weighted by atomic mass is 9.44. The normalized spacial score (nSPS) is 41.1. The molecule has 0 spiro atoms. The molecule has 3 N–H and O–H groups in total. The summed E-state index contributed by atoms with van der Waals surface area (Å²) in [5.74, 6) is 4.53. The maximum Gasteiger partial charge on any atom is 0.251 e. The molecule has 1 saturated heterocycles.